The molecule has 0 saturated heterocycles. The van der Waals surface area contributed by atoms with E-state index in [1.54, 1.807) is 26.8 Å². The van der Waals surface area contributed by atoms with Gasteiger partial charge in [-0.05, 0) is 49.2 Å². The van der Waals surface area contributed by atoms with Crippen LogP contribution >= 0.6 is 11.3 Å². The Kier molecular flexibility index (Phi) is 16.7. The van der Waals surface area contributed by atoms with E-state index >= 15 is 0 Å². The molecular formula is C43H61N5O4S. The number of thiazole rings is 1. The molecule has 2 atom stereocenters. The Bertz CT molecular complexity index is 1660. The fourth-order valence-electron chi connectivity index (χ4n) is 6.63. The Morgan fingerprint density at radius 2 is 1.47 bits per heavy atom. The van der Waals surface area contributed by atoms with Crippen LogP contribution in [0.2, 0.25) is 0 Å². The first-order valence-corrected chi connectivity index (χ1v) is 20.5. The lowest BCUT2D eigenvalue weighted by Crippen LogP contribution is -2.59. The molecule has 2 aromatic rings. The maximum atomic E-state index is 14.6. The highest BCUT2D eigenvalue weighted by Gasteiger charge is 2.46. The van der Waals surface area contributed by atoms with Crippen LogP contribution in [0.15, 0.2) is 47.1 Å². The first-order chi connectivity index (χ1) is 25.3. The highest BCUT2D eigenvalue weighted by Crippen LogP contribution is 2.40. The van der Waals surface area contributed by atoms with Gasteiger partial charge < -0.3 is 4.90 Å². The molecule has 0 aliphatic carbocycles. The van der Waals surface area contributed by atoms with Crippen LogP contribution in [0.1, 0.15) is 138 Å². The number of nitrogens with zero attached hydrogens (tertiary/aromatic N) is 5. The second kappa shape index (κ2) is 20.4. The average Bonchev–Trinajstić information content (AvgIpc) is 3.56. The van der Waals surface area contributed by atoms with Gasteiger partial charge in [0.2, 0.25) is 5.91 Å². The molecule has 1 aromatic carbocycles. The lowest BCUT2D eigenvalue weighted by Gasteiger charge is -2.37. The number of anilines is 1. The number of amides is 4. The molecule has 9 nitrogen and oxygen atoms in total. The smallest absolute Gasteiger partial charge is 0.291 e. The molecule has 0 fully saturated rings. The quantitative estimate of drug-likeness (QED) is 0.104. The first kappa shape index (κ1) is 43.3. The fraction of sp³-hybridized carbons (Fsp3) is 0.581. The van der Waals surface area contributed by atoms with Crippen molar-refractivity contribution in [2.75, 3.05) is 18.0 Å². The molecule has 1 aliphatic rings. The van der Waals surface area contributed by atoms with Gasteiger partial charge in [0.05, 0.1) is 10.6 Å². The van der Waals surface area contributed by atoms with Crippen LogP contribution in [0.3, 0.4) is 0 Å². The van der Waals surface area contributed by atoms with Crippen LogP contribution in [0.4, 0.5) is 5.13 Å². The number of imide groups is 2. The SMILES string of the molecule is CCCCC1=C(C#N)C(=O)N(N(C(C)=O)C(=O)C(C)(C)C)C(=O)/C1=C\c1sc(N(CC(CC)CCCC)CC(CC)CCCC)nc1-c1ccccc1. The Balaban J connectivity index is 2.35. The van der Waals surface area contributed by atoms with E-state index < -0.39 is 29.0 Å². The molecule has 1 aliphatic heterocycles. The van der Waals surface area contributed by atoms with E-state index in [1.165, 1.54) is 24.2 Å². The van der Waals surface area contributed by atoms with Crippen LogP contribution in [-0.4, -0.2) is 51.7 Å². The summed E-state index contributed by atoms with van der Waals surface area (Å²) in [5.41, 5.74) is 0.687. The Hall–Kier alpha value is -4.10. The number of hydrogen-bond donors (Lipinski definition) is 0. The van der Waals surface area contributed by atoms with E-state index in [2.05, 4.69) is 32.6 Å². The van der Waals surface area contributed by atoms with Gasteiger partial charge >= 0.3 is 0 Å². The van der Waals surface area contributed by atoms with Crippen molar-refractivity contribution in [1.82, 2.24) is 15.0 Å². The molecule has 0 bridgehead atoms. The lowest BCUT2D eigenvalue weighted by molar-refractivity contribution is -0.180. The number of carbonyl (C=O) groups is 4. The first-order valence-electron chi connectivity index (χ1n) is 19.7. The van der Waals surface area contributed by atoms with Gasteiger partial charge in [-0.3, -0.25) is 19.2 Å². The Labute approximate surface area is 322 Å². The summed E-state index contributed by atoms with van der Waals surface area (Å²) in [6, 6.07) is 11.9. The van der Waals surface area contributed by atoms with Crippen LogP contribution in [0, 0.1) is 28.6 Å². The predicted octanol–water partition coefficient (Wildman–Crippen LogP) is 10.1. The predicted molar refractivity (Wildman–Crippen MR) is 215 cm³/mol. The highest BCUT2D eigenvalue weighted by atomic mass is 32.1. The molecule has 288 valence electrons. The second-order valence-electron chi connectivity index (χ2n) is 15.2. The number of benzene rings is 1. The molecule has 0 radical (unpaired) electrons. The van der Waals surface area contributed by atoms with E-state index in [1.807, 2.05) is 43.3 Å². The van der Waals surface area contributed by atoms with Gasteiger partial charge in [-0.15, -0.1) is 0 Å². The lowest BCUT2D eigenvalue weighted by atomic mass is 9.89. The summed E-state index contributed by atoms with van der Waals surface area (Å²) in [7, 11) is 0. The van der Waals surface area contributed by atoms with Crippen molar-refractivity contribution in [3.8, 4) is 17.3 Å². The Morgan fingerprint density at radius 1 is 0.906 bits per heavy atom. The second-order valence-corrected chi connectivity index (χ2v) is 16.3. The summed E-state index contributed by atoms with van der Waals surface area (Å²) >= 11 is 1.50. The number of hydrogen-bond acceptors (Lipinski definition) is 8. The number of nitriles is 1. The van der Waals surface area contributed by atoms with Crippen molar-refractivity contribution >= 4 is 46.2 Å². The number of hydrazine groups is 1. The Morgan fingerprint density at radius 3 is 1.94 bits per heavy atom. The van der Waals surface area contributed by atoms with Crippen molar-refractivity contribution in [3.05, 3.63) is 51.9 Å². The largest absolute Gasteiger partial charge is 0.348 e. The zero-order valence-corrected chi connectivity index (χ0v) is 34.4. The van der Waals surface area contributed by atoms with Gasteiger partial charge in [0.1, 0.15) is 11.6 Å². The molecule has 0 N–H and O–H groups in total. The summed E-state index contributed by atoms with van der Waals surface area (Å²) < 4.78 is 0. The van der Waals surface area contributed by atoms with E-state index in [9.17, 15) is 24.4 Å². The average molecular weight is 744 g/mol. The number of carbonyl (C=O) groups excluding carboxylic acids is 4. The molecule has 0 saturated carbocycles. The van der Waals surface area contributed by atoms with Gasteiger partial charge in [-0.1, -0.05) is 142 Å². The number of unbranched alkanes of at least 4 members (excludes halogenated alkanes) is 3. The maximum Gasteiger partial charge on any atom is 0.291 e. The van der Waals surface area contributed by atoms with Crippen molar-refractivity contribution < 1.29 is 19.2 Å². The van der Waals surface area contributed by atoms with Crippen LogP contribution in [0.25, 0.3) is 17.3 Å². The van der Waals surface area contributed by atoms with E-state index in [0.717, 1.165) is 75.7 Å². The standard InChI is InChI=1S/C43H61N5O4S/c1-10-15-21-31(13-4)28-46(29-32(14-5)22-16-11-2)42-45-38(33-23-19-18-20-24-33)37(53-42)26-35-34(25-17-12-3)36(27-44)40(51)48(39(35)50)47(30(6)49)41(52)43(7,8)9/h18-20,23-24,26,31-32H,10-17,21-22,25,28-29H2,1-9H3/b35-26-. The summed E-state index contributed by atoms with van der Waals surface area (Å²) in [4.78, 5) is 63.7. The minimum atomic E-state index is -1.09. The summed E-state index contributed by atoms with van der Waals surface area (Å²) in [6.07, 6.45) is 12.5. The molecular weight excluding hydrogens is 683 g/mol. The normalized spacial score (nSPS) is 15.5. The van der Waals surface area contributed by atoms with Crippen LogP contribution in [0.5, 0.6) is 0 Å². The van der Waals surface area contributed by atoms with Gasteiger partial charge in [-0.2, -0.15) is 15.3 Å². The van der Waals surface area contributed by atoms with Crippen LogP contribution < -0.4 is 4.90 Å². The summed E-state index contributed by atoms with van der Waals surface area (Å²) in [5.74, 6) is -2.28. The van der Waals surface area contributed by atoms with Gasteiger partial charge in [0.15, 0.2) is 5.13 Å². The van der Waals surface area contributed by atoms with E-state index in [4.69, 9.17) is 4.98 Å². The molecule has 3 rings (SSSR count). The van der Waals surface area contributed by atoms with Crippen molar-refractivity contribution in [3.63, 3.8) is 0 Å². The molecule has 1 aromatic heterocycles. The molecule has 53 heavy (non-hydrogen) atoms. The minimum Gasteiger partial charge on any atom is -0.348 e. The van der Waals surface area contributed by atoms with Crippen LogP contribution in [-0.2, 0) is 19.2 Å². The summed E-state index contributed by atoms with van der Waals surface area (Å²) in [6.45, 7) is 18.7. The van der Waals surface area contributed by atoms with Crippen molar-refractivity contribution in [1.29, 1.82) is 5.26 Å². The van der Waals surface area contributed by atoms with Crippen molar-refractivity contribution in [2.24, 2.45) is 17.3 Å². The summed E-state index contributed by atoms with van der Waals surface area (Å²) in [5, 5.41) is 12.4. The molecule has 2 heterocycles. The molecule has 0 spiro atoms. The number of aromatic nitrogens is 1. The minimum absolute atomic E-state index is 0.116. The van der Waals surface area contributed by atoms with E-state index in [0.29, 0.717) is 50.8 Å². The van der Waals surface area contributed by atoms with E-state index in [-0.39, 0.29) is 11.1 Å². The monoisotopic (exact) mass is 743 g/mol. The fourth-order valence-corrected chi connectivity index (χ4v) is 7.68. The third-order valence-corrected chi connectivity index (χ3v) is 11.0. The molecule has 2 unspecified atom stereocenters. The van der Waals surface area contributed by atoms with Crippen molar-refractivity contribution in [2.45, 2.75) is 133 Å². The third-order valence-electron chi connectivity index (χ3n) is 9.96. The molecule has 4 amide bonds. The topological polar surface area (TPSA) is 115 Å². The maximum absolute atomic E-state index is 14.6. The van der Waals surface area contributed by atoms with Gasteiger partial charge in [0.25, 0.3) is 17.7 Å². The molecule has 10 heteroatoms. The van der Waals surface area contributed by atoms with Gasteiger partial charge in [0, 0.05) is 36.6 Å². The zero-order valence-electron chi connectivity index (χ0n) is 33.6. The number of rotatable bonds is 19. The van der Waals surface area contributed by atoms with Gasteiger partial charge in [-0.25, -0.2) is 4.98 Å². The third kappa shape index (κ3) is 11.0. The highest BCUT2D eigenvalue weighted by molar-refractivity contribution is 7.17. The zero-order chi connectivity index (χ0) is 39.3.